The number of nitrogens with zero attached hydrogens (tertiary/aromatic N) is 9. The second-order valence-corrected chi connectivity index (χ2v) is 7.42. The van der Waals surface area contributed by atoms with E-state index in [1.165, 1.54) is 17.2 Å². The lowest BCUT2D eigenvalue weighted by Crippen LogP contribution is -2.34. The van der Waals surface area contributed by atoms with Crippen LogP contribution in [0.15, 0.2) is 37.4 Å². The highest BCUT2D eigenvalue weighted by atomic mass is 16.2. The summed E-state index contributed by atoms with van der Waals surface area (Å²) in [7, 11) is 0. The van der Waals surface area contributed by atoms with E-state index in [2.05, 4.69) is 30.2 Å². The normalized spacial score (nSPS) is 16.2. The third-order valence-corrected chi connectivity index (χ3v) is 5.41. The number of amides is 1. The Morgan fingerprint density at radius 3 is 2.81 bits per heavy atom. The predicted octanol–water partition coefficient (Wildman–Crippen LogP) is 1.96. The molecule has 0 saturated carbocycles. The van der Waals surface area contributed by atoms with Crippen molar-refractivity contribution in [3.63, 3.8) is 0 Å². The zero-order valence-corrected chi connectivity index (χ0v) is 17.3. The van der Waals surface area contributed by atoms with Crippen LogP contribution in [-0.2, 0) is 6.54 Å². The Morgan fingerprint density at radius 2 is 2.06 bits per heavy atom. The molecule has 0 aliphatic carbocycles. The van der Waals surface area contributed by atoms with Gasteiger partial charge in [0.2, 0.25) is 0 Å². The van der Waals surface area contributed by atoms with Crippen molar-refractivity contribution in [2.75, 3.05) is 18.4 Å². The molecule has 0 radical (unpaired) electrons. The molecule has 1 amide bonds. The Balaban J connectivity index is 1.42. The summed E-state index contributed by atoms with van der Waals surface area (Å²) < 4.78 is 3.52. The van der Waals surface area contributed by atoms with Gasteiger partial charge in [-0.2, -0.15) is 0 Å². The molecule has 0 spiro atoms. The number of imidazole rings is 2. The van der Waals surface area contributed by atoms with E-state index in [0.29, 0.717) is 36.8 Å². The van der Waals surface area contributed by atoms with Crippen LogP contribution in [0.1, 0.15) is 19.2 Å². The average molecular weight is 418 g/mol. The lowest BCUT2D eigenvalue weighted by molar-refractivity contribution is 0.210. The molecule has 1 N–H and O–H groups in total. The van der Waals surface area contributed by atoms with Crippen LogP contribution in [0.4, 0.5) is 10.6 Å². The minimum Gasteiger partial charge on any atom is -0.364 e. The van der Waals surface area contributed by atoms with Crippen LogP contribution in [0.3, 0.4) is 0 Å². The summed E-state index contributed by atoms with van der Waals surface area (Å²) in [4.78, 5) is 40.6. The zero-order chi connectivity index (χ0) is 21.4. The van der Waals surface area contributed by atoms with E-state index >= 15 is 0 Å². The van der Waals surface area contributed by atoms with Gasteiger partial charge in [-0.05, 0) is 20.3 Å². The number of rotatable bonds is 4. The summed E-state index contributed by atoms with van der Waals surface area (Å²) in [5.74, 6) is 2.12. The van der Waals surface area contributed by atoms with E-state index in [4.69, 9.17) is 4.98 Å². The number of hydrogen-bond acceptors (Lipinski definition) is 8. The van der Waals surface area contributed by atoms with Crippen molar-refractivity contribution in [3.05, 3.63) is 43.3 Å². The van der Waals surface area contributed by atoms with E-state index in [-0.39, 0.29) is 12.1 Å². The maximum Gasteiger partial charge on any atom is 0.329 e. The summed E-state index contributed by atoms with van der Waals surface area (Å²) in [5, 5.41) is 3.46. The van der Waals surface area contributed by atoms with Crippen LogP contribution in [-0.4, -0.2) is 69.1 Å². The molecule has 0 unspecified atom stereocenters. The number of anilines is 1. The topological polar surface area (TPSA) is 120 Å². The van der Waals surface area contributed by atoms with Crippen molar-refractivity contribution >= 4 is 23.0 Å². The molecule has 1 saturated heterocycles. The van der Waals surface area contributed by atoms with Crippen molar-refractivity contribution < 1.29 is 4.79 Å². The van der Waals surface area contributed by atoms with Crippen LogP contribution < -0.4 is 5.32 Å². The van der Waals surface area contributed by atoms with Gasteiger partial charge in [-0.1, -0.05) is 0 Å². The molecule has 11 heteroatoms. The van der Waals surface area contributed by atoms with Crippen LogP contribution in [0.2, 0.25) is 0 Å². The molecule has 4 aromatic rings. The highest BCUT2D eigenvalue weighted by Gasteiger charge is 2.28. The average Bonchev–Trinajstić information content (AvgIpc) is 3.54. The third kappa shape index (κ3) is 3.47. The van der Waals surface area contributed by atoms with Crippen molar-refractivity contribution in [1.29, 1.82) is 0 Å². The van der Waals surface area contributed by atoms with Crippen molar-refractivity contribution in [1.82, 2.24) is 43.9 Å². The van der Waals surface area contributed by atoms with Gasteiger partial charge in [0.05, 0.1) is 5.56 Å². The fraction of sp³-hybridized carbons (Fsp3) is 0.350. The molecule has 0 aromatic carbocycles. The molecule has 1 aliphatic rings. The number of fused-ring (bicyclic) bond motifs is 1. The SMILES string of the molecule is CCn1c(-c2cnc(C)nc2)nc2c(N[C@H]3CCN(C(=O)n4ccnc4)C3)ncnc21. The Morgan fingerprint density at radius 1 is 1.23 bits per heavy atom. The van der Waals surface area contributed by atoms with Gasteiger partial charge in [0.1, 0.15) is 24.3 Å². The highest BCUT2D eigenvalue weighted by Crippen LogP contribution is 2.27. The molecular formula is C20H22N10O. The first kappa shape index (κ1) is 19.1. The number of nitrogens with one attached hydrogen (secondary N) is 1. The number of hydrogen-bond donors (Lipinski definition) is 1. The molecule has 11 nitrogen and oxygen atoms in total. The van der Waals surface area contributed by atoms with E-state index in [0.717, 1.165) is 23.5 Å². The maximum atomic E-state index is 12.6. The first-order chi connectivity index (χ1) is 15.1. The molecule has 4 aromatic heterocycles. The van der Waals surface area contributed by atoms with Crippen LogP contribution in [0.25, 0.3) is 22.6 Å². The van der Waals surface area contributed by atoms with Crippen LogP contribution in [0.5, 0.6) is 0 Å². The Labute approximate surface area is 178 Å². The van der Waals surface area contributed by atoms with Crippen molar-refractivity contribution in [3.8, 4) is 11.4 Å². The molecule has 1 aliphatic heterocycles. The van der Waals surface area contributed by atoms with Crippen molar-refractivity contribution in [2.45, 2.75) is 32.9 Å². The number of aryl methyl sites for hydroxylation is 2. The van der Waals surface area contributed by atoms with Gasteiger partial charge in [-0.25, -0.2) is 34.7 Å². The van der Waals surface area contributed by atoms with Gasteiger partial charge >= 0.3 is 6.03 Å². The molecule has 31 heavy (non-hydrogen) atoms. The smallest absolute Gasteiger partial charge is 0.329 e. The summed E-state index contributed by atoms with van der Waals surface area (Å²) in [6, 6.07) is -0.00458. The minimum absolute atomic E-state index is 0.0727. The van der Waals surface area contributed by atoms with E-state index in [1.807, 2.05) is 18.4 Å². The molecule has 158 valence electrons. The highest BCUT2D eigenvalue weighted by molar-refractivity contribution is 5.86. The predicted molar refractivity (Wildman–Crippen MR) is 113 cm³/mol. The lowest BCUT2D eigenvalue weighted by Gasteiger charge is -2.17. The lowest BCUT2D eigenvalue weighted by atomic mass is 10.2. The maximum absolute atomic E-state index is 12.6. The molecule has 5 rings (SSSR count). The van der Waals surface area contributed by atoms with Gasteiger partial charge < -0.3 is 14.8 Å². The molecule has 5 heterocycles. The van der Waals surface area contributed by atoms with E-state index < -0.39 is 0 Å². The first-order valence-corrected chi connectivity index (χ1v) is 10.2. The van der Waals surface area contributed by atoms with Gasteiger partial charge in [-0.3, -0.25) is 4.57 Å². The number of carbonyl (C=O) groups excluding carboxylic acids is 1. The van der Waals surface area contributed by atoms with E-state index in [1.54, 1.807) is 29.7 Å². The molecule has 0 bridgehead atoms. The van der Waals surface area contributed by atoms with Crippen LogP contribution >= 0.6 is 0 Å². The number of likely N-dealkylation sites (tertiary alicyclic amines) is 1. The Hall–Kier alpha value is -3.89. The number of carbonyl (C=O) groups is 1. The third-order valence-electron chi connectivity index (χ3n) is 5.41. The van der Waals surface area contributed by atoms with Gasteiger partial charge in [0.15, 0.2) is 17.0 Å². The van der Waals surface area contributed by atoms with Crippen molar-refractivity contribution in [2.24, 2.45) is 0 Å². The monoisotopic (exact) mass is 418 g/mol. The Kier molecular flexibility index (Phi) is 4.77. The largest absolute Gasteiger partial charge is 0.364 e. The molecule has 1 atom stereocenters. The molecular weight excluding hydrogens is 396 g/mol. The fourth-order valence-electron chi connectivity index (χ4n) is 3.85. The quantitative estimate of drug-likeness (QED) is 0.534. The second kappa shape index (κ2) is 7.74. The molecule has 1 fully saturated rings. The standard InChI is InChI=1S/C20H22N10O/c1-3-30-18(14-8-22-13(2)23-9-14)27-16-17(24-11-25-19(16)30)26-15-4-6-28(10-15)20(31)29-7-5-21-12-29/h5,7-9,11-12,15H,3-4,6,10H2,1-2H3,(H,24,25,26)/t15-/m0/s1. The summed E-state index contributed by atoms with van der Waals surface area (Å²) in [5.41, 5.74) is 2.27. The summed E-state index contributed by atoms with van der Waals surface area (Å²) in [6.07, 6.45) is 10.7. The fourth-order valence-corrected chi connectivity index (χ4v) is 3.85. The Bertz CT molecular complexity index is 1210. The first-order valence-electron chi connectivity index (χ1n) is 10.2. The van der Waals surface area contributed by atoms with E-state index in [9.17, 15) is 4.79 Å². The minimum atomic E-state index is -0.0773. The van der Waals surface area contributed by atoms with Gasteiger partial charge in [-0.15, -0.1) is 0 Å². The van der Waals surface area contributed by atoms with Gasteiger partial charge in [0, 0.05) is 50.5 Å². The number of aromatic nitrogens is 8. The van der Waals surface area contributed by atoms with Crippen LogP contribution in [0, 0.1) is 6.92 Å². The second-order valence-electron chi connectivity index (χ2n) is 7.42. The summed E-state index contributed by atoms with van der Waals surface area (Å²) in [6.45, 7) is 5.84. The summed E-state index contributed by atoms with van der Waals surface area (Å²) >= 11 is 0. The van der Waals surface area contributed by atoms with Gasteiger partial charge in [0.25, 0.3) is 0 Å². The zero-order valence-electron chi connectivity index (χ0n) is 17.3.